The third-order valence-electron chi connectivity index (χ3n) is 2.27. The summed E-state index contributed by atoms with van der Waals surface area (Å²) in [6.07, 6.45) is 0.900. The van der Waals surface area contributed by atoms with Crippen LogP contribution in [0.2, 0.25) is 5.02 Å². The van der Waals surface area contributed by atoms with Crippen molar-refractivity contribution in [3.8, 4) is 0 Å². The number of nitrogens with two attached hydrogens (primary N) is 1. The number of rotatable bonds is 6. The zero-order chi connectivity index (χ0) is 12.7. The molecule has 1 atom stereocenters. The second kappa shape index (κ2) is 6.99. The Hall–Kier alpha value is -0.580. The maximum atomic E-state index is 12.5. The van der Waals surface area contributed by atoms with Crippen molar-refractivity contribution < 1.29 is 4.21 Å². The molecule has 5 heteroatoms. The van der Waals surface area contributed by atoms with E-state index in [-0.39, 0.29) is 0 Å². The molecule has 0 amide bonds. The van der Waals surface area contributed by atoms with Gasteiger partial charge in [-0.1, -0.05) is 30.7 Å². The van der Waals surface area contributed by atoms with E-state index in [1.54, 1.807) is 6.07 Å². The summed E-state index contributed by atoms with van der Waals surface area (Å²) in [6, 6.07) is 7.42. The lowest BCUT2D eigenvalue weighted by molar-refractivity contribution is 0.672. The lowest BCUT2D eigenvalue weighted by atomic mass is 10.2. The summed E-state index contributed by atoms with van der Waals surface area (Å²) in [6.45, 7) is 3.04. The van der Waals surface area contributed by atoms with Crippen molar-refractivity contribution in [1.29, 1.82) is 0 Å². The Morgan fingerprint density at radius 1 is 1.47 bits per heavy atom. The van der Waals surface area contributed by atoms with Gasteiger partial charge < -0.3 is 5.73 Å². The Morgan fingerprint density at radius 2 is 2.24 bits per heavy atom. The zero-order valence-corrected chi connectivity index (χ0v) is 11.6. The molecule has 0 heterocycles. The average Bonchev–Trinajstić information content (AvgIpc) is 2.27. The van der Waals surface area contributed by atoms with Crippen LogP contribution in [0.3, 0.4) is 0 Å². The van der Waals surface area contributed by atoms with E-state index < -0.39 is 9.73 Å². The second-order valence-electron chi connectivity index (χ2n) is 3.89. The SMILES string of the molecule is CCCN=S(=O)(CCN)Cc1cccc(Cl)c1. The quantitative estimate of drug-likeness (QED) is 0.867. The van der Waals surface area contributed by atoms with Gasteiger partial charge in [-0.05, 0) is 24.1 Å². The molecule has 3 nitrogen and oxygen atoms in total. The number of nitrogens with zero attached hydrogens (tertiary/aromatic N) is 1. The van der Waals surface area contributed by atoms with Crippen molar-refractivity contribution in [3.63, 3.8) is 0 Å². The predicted molar refractivity (Wildman–Crippen MR) is 74.8 cm³/mol. The van der Waals surface area contributed by atoms with Crippen LogP contribution < -0.4 is 5.73 Å². The molecule has 0 aliphatic rings. The smallest absolute Gasteiger partial charge is 0.0569 e. The summed E-state index contributed by atoms with van der Waals surface area (Å²) in [4.78, 5) is 0. The van der Waals surface area contributed by atoms with Gasteiger partial charge in [0.25, 0.3) is 0 Å². The third-order valence-corrected chi connectivity index (χ3v) is 4.81. The van der Waals surface area contributed by atoms with Gasteiger partial charge >= 0.3 is 0 Å². The molecular weight excluding hydrogens is 256 g/mol. The van der Waals surface area contributed by atoms with Crippen LogP contribution in [0.5, 0.6) is 0 Å². The fraction of sp³-hybridized carbons (Fsp3) is 0.500. The Morgan fingerprint density at radius 3 is 2.82 bits per heavy atom. The molecule has 1 aromatic rings. The molecule has 0 saturated heterocycles. The minimum Gasteiger partial charge on any atom is -0.330 e. The van der Waals surface area contributed by atoms with Gasteiger partial charge in [0.2, 0.25) is 0 Å². The lowest BCUT2D eigenvalue weighted by Gasteiger charge is -2.09. The van der Waals surface area contributed by atoms with Crippen molar-refractivity contribution in [2.75, 3.05) is 18.8 Å². The van der Waals surface area contributed by atoms with Crippen molar-refractivity contribution in [2.24, 2.45) is 10.1 Å². The van der Waals surface area contributed by atoms with E-state index >= 15 is 0 Å². The first-order chi connectivity index (χ1) is 8.09. The fourth-order valence-electron chi connectivity index (χ4n) is 1.51. The van der Waals surface area contributed by atoms with Gasteiger partial charge in [0.05, 0.1) is 15.5 Å². The molecule has 1 aromatic carbocycles. The van der Waals surface area contributed by atoms with E-state index in [9.17, 15) is 4.21 Å². The largest absolute Gasteiger partial charge is 0.330 e. The highest BCUT2D eigenvalue weighted by Gasteiger charge is 2.09. The van der Waals surface area contributed by atoms with Crippen molar-refractivity contribution in [1.82, 2.24) is 0 Å². The molecule has 17 heavy (non-hydrogen) atoms. The maximum Gasteiger partial charge on any atom is 0.0569 e. The monoisotopic (exact) mass is 274 g/mol. The molecule has 0 bridgehead atoms. The Bertz CT molecular complexity index is 467. The highest BCUT2D eigenvalue weighted by atomic mass is 35.5. The average molecular weight is 275 g/mol. The van der Waals surface area contributed by atoms with E-state index in [2.05, 4.69) is 4.36 Å². The first-order valence-electron chi connectivity index (χ1n) is 5.72. The Kier molecular flexibility index (Phi) is 5.95. The molecule has 0 spiro atoms. The molecule has 0 aliphatic carbocycles. The highest BCUT2D eigenvalue weighted by molar-refractivity contribution is 7.92. The molecule has 96 valence electrons. The van der Waals surface area contributed by atoms with Gasteiger partial charge in [0.1, 0.15) is 0 Å². The van der Waals surface area contributed by atoms with Crippen LogP contribution in [-0.4, -0.2) is 23.1 Å². The van der Waals surface area contributed by atoms with Crippen molar-refractivity contribution >= 4 is 21.3 Å². The van der Waals surface area contributed by atoms with E-state index in [1.165, 1.54) is 0 Å². The number of halogens is 1. The Balaban J connectivity index is 2.91. The summed E-state index contributed by atoms with van der Waals surface area (Å²) in [5.74, 6) is 0.879. The van der Waals surface area contributed by atoms with Crippen LogP contribution in [-0.2, 0) is 15.5 Å². The summed E-state index contributed by atoms with van der Waals surface area (Å²) < 4.78 is 16.8. The van der Waals surface area contributed by atoms with E-state index in [0.717, 1.165) is 12.0 Å². The number of hydrogen-bond acceptors (Lipinski definition) is 3. The van der Waals surface area contributed by atoms with Gasteiger partial charge in [0.15, 0.2) is 0 Å². The van der Waals surface area contributed by atoms with Gasteiger partial charge in [-0.2, -0.15) is 0 Å². The molecule has 0 aliphatic heterocycles. The van der Waals surface area contributed by atoms with Crippen LogP contribution in [0.15, 0.2) is 28.6 Å². The molecule has 0 radical (unpaired) electrons. The number of hydrogen-bond donors (Lipinski definition) is 1. The maximum absolute atomic E-state index is 12.5. The van der Waals surface area contributed by atoms with Gasteiger partial charge in [0, 0.05) is 23.9 Å². The van der Waals surface area contributed by atoms with E-state index in [1.807, 2.05) is 25.1 Å². The molecular formula is C12H19ClN2OS. The topological polar surface area (TPSA) is 55.5 Å². The summed E-state index contributed by atoms with van der Waals surface area (Å²) >= 11 is 5.91. The van der Waals surface area contributed by atoms with Gasteiger partial charge in [-0.3, -0.25) is 0 Å². The normalized spacial score (nSPS) is 14.3. The van der Waals surface area contributed by atoms with Gasteiger partial charge in [-0.15, -0.1) is 0 Å². The van der Waals surface area contributed by atoms with Crippen LogP contribution >= 0.6 is 11.6 Å². The standard InChI is InChI=1S/C12H19ClN2OS/c1-2-7-15-17(16,8-6-14)10-11-4-3-5-12(13)9-11/h3-5,9H,2,6-8,10,14H2,1H3. The molecule has 2 N–H and O–H groups in total. The van der Waals surface area contributed by atoms with E-state index in [0.29, 0.717) is 29.6 Å². The third kappa shape index (κ3) is 5.06. The minimum absolute atomic E-state index is 0.395. The highest BCUT2D eigenvalue weighted by Crippen LogP contribution is 2.15. The fourth-order valence-corrected chi connectivity index (χ4v) is 3.67. The first-order valence-corrected chi connectivity index (χ1v) is 7.95. The van der Waals surface area contributed by atoms with Crippen molar-refractivity contribution in [3.05, 3.63) is 34.9 Å². The van der Waals surface area contributed by atoms with Crippen LogP contribution in [0.25, 0.3) is 0 Å². The van der Waals surface area contributed by atoms with Crippen LogP contribution in [0.1, 0.15) is 18.9 Å². The van der Waals surface area contributed by atoms with Crippen LogP contribution in [0.4, 0.5) is 0 Å². The minimum atomic E-state index is -2.23. The predicted octanol–water partition coefficient (Wildman–Crippen LogP) is 2.68. The summed E-state index contributed by atoms with van der Waals surface area (Å²) in [5.41, 5.74) is 6.46. The zero-order valence-electron chi connectivity index (χ0n) is 10.1. The second-order valence-corrected chi connectivity index (χ2v) is 6.83. The summed E-state index contributed by atoms with van der Waals surface area (Å²) in [7, 11) is -2.23. The van der Waals surface area contributed by atoms with Crippen LogP contribution in [0, 0.1) is 0 Å². The number of benzene rings is 1. The van der Waals surface area contributed by atoms with Crippen molar-refractivity contribution in [2.45, 2.75) is 19.1 Å². The first kappa shape index (κ1) is 14.5. The molecule has 1 unspecified atom stereocenters. The Labute approximate surface area is 109 Å². The van der Waals surface area contributed by atoms with E-state index in [4.69, 9.17) is 17.3 Å². The molecule has 0 saturated carbocycles. The lowest BCUT2D eigenvalue weighted by Crippen LogP contribution is -2.17. The molecule has 1 rings (SSSR count). The molecule has 0 aromatic heterocycles. The summed E-state index contributed by atoms with van der Waals surface area (Å²) in [5, 5.41) is 0.660. The van der Waals surface area contributed by atoms with Gasteiger partial charge in [-0.25, -0.2) is 8.57 Å². The molecule has 0 fully saturated rings.